The maximum atomic E-state index is 4.74. The number of aromatic nitrogens is 2. The van der Waals surface area contributed by atoms with E-state index in [-0.39, 0.29) is 0 Å². The van der Waals surface area contributed by atoms with Gasteiger partial charge in [-0.05, 0) is 37.3 Å². The molecule has 1 aromatic carbocycles. The van der Waals surface area contributed by atoms with Crippen LogP contribution in [0.1, 0.15) is 33.8 Å². The minimum absolute atomic E-state index is 0.805. The highest BCUT2D eigenvalue weighted by atomic mass is 32.1. The zero-order valence-electron chi connectivity index (χ0n) is 15.1. The minimum Gasteiger partial charge on any atom is -0.365 e. The van der Waals surface area contributed by atoms with Crippen LogP contribution in [0.2, 0.25) is 0 Å². The molecule has 1 aliphatic rings. The van der Waals surface area contributed by atoms with Crippen molar-refractivity contribution in [3.8, 4) is 0 Å². The van der Waals surface area contributed by atoms with Crippen molar-refractivity contribution in [2.45, 2.75) is 39.3 Å². The molecule has 2 aromatic heterocycles. The number of fused-ring (bicyclic) bond motifs is 3. The molecule has 0 atom stereocenters. The van der Waals surface area contributed by atoms with Crippen LogP contribution in [0, 0.1) is 6.92 Å². The Bertz CT molecular complexity index is 913. The third kappa shape index (κ3) is 3.26. The molecule has 0 bridgehead atoms. The fourth-order valence-corrected chi connectivity index (χ4v) is 5.00. The van der Waals surface area contributed by atoms with Gasteiger partial charge >= 0.3 is 0 Å². The molecule has 25 heavy (non-hydrogen) atoms. The smallest absolute Gasteiger partial charge is 0.139 e. The van der Waals surface area contributed by atoms with Gasteiger partial charge in [0.2, 0.25) is 0 Å². The van der Waals surface area contributed by atoms with E-state index in [4.69, 9.17) is 4.98 Å². The molecule has 0 aliphatic heterocycles. The van der Waals surface area contributed by atoms with Crippen LogP contribution in [-0.4, -0.2) is 24.1 Å². The van der Waals surface area contributed by atoms with E-state index in [1.54, 1.807) is 0 Å². The molecule has 3 aromatic rings. The fraction of sp³-hybridized carbons (Fsp3) is 0.400. The second-order valence-corrected chi connectivity index (χ2v) is 8.25. The van der Waals surface area contributed by atoms with Crippen LogP contribution in [-0.2, 0) is 25.9 Å². The van der Waals surface area contributed by atoms with E-state index in [2.05, 4.69) is 48.7 Å². The Morgan fingerprint density at radius 1 is 1.12 bits per heavy atom. The number of anilines is 1. The number of thiophene rings is 1. The van der Waals surface area contributed by atoms with Crippen molar-refractivity contribution in [2.24, 2.45) is 0 Å². The number of nitrogens with one attached hydrogen (secondary N) is 2. The molecular weight excluding hydrogens is 328 g/mol. The standard InChI is InChI=1S/C20H24N4S/c1-13-22-19(18-16-9-6-10-17(16)25-20(18)23-13)21-11-14-7-4-5-8-15(14)12-24(2)3/h4-5,7-8H,6,9-12H2,1-3H3,(H,21,22,23)/p+1. The summed E-state index contributed by atoms with van der Waals surface area (Å²) in [6.07, 6.45) is 3.62. The van der Waals surface area contributed by atoms with E-state index in [0.717, 1.165) is 36.0 Å². The molecule has 2 heterocycles. The molecule has 4 nitrogen and oxygen atoms in total. The Morgan fingerprint density at radius 2 is 1.92 bits per heavy atom. The van der Waals surface area contributed by atoms with E-state index in [9.17, 15) is 0 Å². The maximum Gasteiger partial charge on any atom is 0.139 e. The average Bonchev–Trinajstić information content (AvgIpc) is 3.13. The van der Waals surface area contributed by atoms with Crippen LogP contribution < -0.4 is 10.2 Å². The van der Waals surface area contributed by atoms with Gasteiger partial charge in [-0.3, -0.25) is 0 Å². The average molecular weight is 354 g/mol. The highest BCUT2D eigenvalue weighted by Crippen LogP contribution is 2.39. The summed E-state index contributed by atoms with van der Waals surface area (Å²) in [7, 11) is 4.38. The number of benzene rings is 1. The molecule has 0 unspecified atom stereocenters. The second kappa shape index (κ2) is 6.73. The van der Waals surface area contributed by atoms with E-state index in [1.165, 1.54) is 44.7 Å². The van der Waals surface area contributed by atoms with Gasteiger partial charge in [0.05, 0.1) is 19.5 Å². The molecule has 2 N–H and O–H groups in total. The first-order valence-corrected chi connectivity index (χ1v) is 9.82. The summed E-state index contributed by atoms with van der Waals surface area (Å²) in [5, 5.41) is 4.88. The van der Waals surface area contributed by atoms with Crippen LogP contribution in [0.25, 0.3) is 10.2 Å². The highest BCUT2D eigenvalue weighted by Gasteiger charge is 2.21. The normalized spacial score (nSPS) is 13.6. The van der Waals surface area contributed by atoms with E-state index < -0.39 is 0 Å². The van der Waals surface area contributed by atoms with Gasteiger partial charge in [-0.2, -0.15) is 0 Å². The van der Waals surface area contributed by atoms with Crippen molar-refractivity contribution in [3.63, 3.8) is 0 Å². The van der Waals surface area contributed by atoms with Crippen molar-refractivity contribution in [2.75, 3.05) is 19.4 Å². The van der Waals surface area contributed by atoms with Crippen LogP contribution >= 0.6 is 11.3 Å². The zero-order valence-corrected chi connectivity index (χ0v) is 16.0. The van der Waals surface area contributed by atoms with E-state index >= 15 is 0 Å². The summed E-state index contributed by atoms with van der Waals surface area (Å²) in [5.74, 6) is 1.86. The number of quaternary nitrogens is 1. The number of rotatable bonds is 5. The topological polar surface area (TPSA) is 42.2 Å². The molecule has 0 fully saturated rings. The predicted octanol–water partition coefficient (Wildman–Crippen LogP) is 2.75. The monoisotopic (exact) mass is 353 g/mol. The van der Waals surface area contributed by atoms with Crippen molar-refractivity contribution in [3.05, 3.63) is 51.7 Å². The Labute approximate surface area is 152 Å². The van der Waals surface area contributed by atoms with Gasteiger partial charge in [-0.25, -0.2) is 9.97 Å². The summed E-state index contributed by atoms with van der Waals surface area (Å²) in [4.78, 5) is 13.5. The van der Waals surface area contributed by atoms with Gasteiger partial charge in [0.25, 0.3) is 0 Å². The summed E-state index contributed by atoms with van der Waals surface area (Å²) < 4.78 is 0. The third-order valence-electron chi connectivity index (χ3n) is 4.79. The first-order chi connectivity index (χ1) is 12.1. The summed E-state index contributed by atoms with van der Waals surface area (Å²) in [6, 6.07) is 8.69. The Hall–Kier alpha value is -1.98. The lowest BCUT2D eigenvalue weighted by molar-refractivity contribution is -0.872. The SMILES string of the molecule is Cc1nc(NCc2ccccc2C[NH+](C)C)c2c3c(sc2n1)CCC3. The van der Waals surface area contributed by atoms with Gasteiger partial charge in [0.1, 0.15) is 23.0 Å². The first kappa shape index (κ1) is 16.5. The Kier molecular flexibility index (Phi) is 4.44. The van der Waals surface area contributed by atoms with E-state index in [1.807, 2.05) is 18.3 Å². The van der Waals surface area contributed by atoms with Gasteiger partial charge in [0.15, 0.2) is 0 Å². The highest BCUT2D eigenvalue weighted by molar-refractivity contribution is 7.19. The third-order valence-corrected chi connectivity index (χ3v) is 5.97. The Balaban J connectivity index is 1.66. The quantitative estimate of drug-likeness (QED) is 0.741. The molecule has 0 spiro atoms. The van der Waals surface area contributed by atoms with Crippen molar-refractivity contribution in [1.29, 1.82) is 0 Å². The lowest BCUT2D eigenvalue weighted by Crippen LogP contribution is -3.04. The van der Waals surface area contributed by atoms with Crippen molar-refractivity contribution in [1.82, 2.24) is 9.97 Å². The van der Waals surface area contributed by atoms with E-state index in [0.29, 0.717) is 0 Å². The number of hydrogen-bond acceptors (Lipinski definition) is 4. The lowest BCUT2D eigenvalue weighted by atomic mass is 10.1. The van der Waals surface area contributed by atoms with Gasteiger partial charge in [-0.15, -0.1) is 11.3 Å². The molecule has 0 amide bonds. The molecule has 1 aliphatic carbocycles. The Morgan fingerprint density at radius 3 is 2.72 bits per heavy atom. The van der Waals surface area contributed by atoms with Crippen LogP contribution in [0.4, 0.5) is 5.82 Å². The molecule has 0 saturated heterocycles. The summed E-state index contributed by atoms with van der Waals surface area (Å²) in [5.41, 5.74) is 4.22. The van der Waals surface area contributed by atoms with Crippen LogP contribution in [0.15, 0.2) is 24.3 Å². The molecule has 0 radical (unpaired) electrons. The molecular formula is C20H25N4S+. The zero-order chi connectivity index (χ0) is 17.4. The van der Waals surface area contributed by atoms with Gasteiger partial charge < -0.3 is 10.2 Å². The summed E-state index contributed by atoms with van der Waals surface area (Å²) in [6.45, 7) is 3.82. The predicted molar refractivity (Wildman–Crippen MR) is 104 cm³/mol. The molecule has 5 heteroatoms. The van der Waals surface area contributed by atoms with Crippen LogP contribution in [0.5, 0.6) is 0 Å². The molecule has 0 saturated carbocycles. The molecule has 130 valence electrons. The van der Waals surface area contributed by atoms with Crippen molar-refractivity contribution >= 4 is 27.4 Å². The van der Waals surface area contributed by atoms with Gasteiger partial charge in [0, 0.05) is 17.0 Å². The van der Waals surface area contributed by atoms with Crippen molar-refractivity contribution < 1.29 is 4.90 Å². The summed E-state index contributed by atoms with van der Waals surface area (Å²) >= 11 is 1.85. The number of nitrogens with zero attached hydrogens (tertiary/aromatic N) is 2. The fourth-order valence-electron chi connectivity index (χ4n) is 3.69. The number of hydrogen-bond donors (Lipinski definition) is 2. The molecule has 4 rings (SSSR count). The van der Waals surface area contributed by atoms with Gasteiger partial charge in [-0.1, -0.05) is 24.3 Å². The minimum atomic E-state index is 0.805. The maximum absolute atomic E-state index is 4.74. The largest absolute Gasteiger partial charge is 0.365 e. The lowest BCUT2D eigenvalue weighted by Gasteiger charge is -2.14. The number of aryl methyl sites for hydroxylation is 3. The van der Waals surface area contributed by atoms with Crippen LogP contribution in [0.3, 0.4) is 0 Å². The second-order valence-electron chi connectivity index (χ2n) is 7.16. The first-order valence-electron chi connectivity index (χ1n) is 9.00.